The molecule has 0 aromatic rings. The third-order valence-electron chi connectivity index (χ3n) is 7.38. The number of unbranched alkanes of at least 4 members (excludes halogenated alkanes) is 13. The number of rotatable bonds is 16. The van der Waals surface area contributed by atoms with Crippen LogP contribution in [0.2, 0.25) is 0 Å². The third-order valence-corrected chi connectivity index (χ3v) is 7.38. The summed E-state index contributed by atoms with van der Waals surface area (Å²) < 4.78 is 0. The van der Waals surface area contributed by atoms with Gasteiger partial charge in [0.25, 0.3) is 0 Å². The molecule has 0 bridgehead atoms. The van der Waals surface area contributed by atoms with E-state index in [1.54, 1.807) is 0 Å². The highest BCUT2D eigenvalue weighted by atomic mass is 14.4. The van der Waals surface area contributed by atoms with Crippen molar-refractivity contribution >= 4 is 0 Å². The molecule has 0 N–H and O–H groups in total. The fourth-order valence-corrected chi connectivity index (χ4v) is 3.82. The summed E-state index contributed by atoms with van der Waals surface area (Å²) in [6.07, 6.45) is 21.6. The van der Waals surface area contributed by atoms with Crippen LogP contribution in [0, 0.1) is 28.6 Å². The van der Waals surface area contributed by atoms with Gasteiger partial charge in [0.05, 0.1) is 0 Å². The summed E-state index contributed by atoms with van der Waals surface area (Å²) in [6.45, 7) is 16.8. The Labute approximate surface area is 180 Å². The Hall–Kier alpha value is -0.440. The van der Waals surface area contributed by atoms with E-state index in [0.717, 1.165) is 18.8 Å². The molecule has 1 atom stereocenters. The van der Waals surface area contributed by atoms with Crippen molar-refractivity contribution in [3.63, 3.8) is 0 Å². The van der Waals surface area contributed by atoms with Crippen LogP contribution in [0.5, 0.6) is 0 Å². The molecule has 28 heavy (non-hydrogen) atoms. The topological polar surface area (TPSA) is 0 Å². The van der Waals surface area contributed by atoms with Crippen LogP contribution in [-0.2, 0) is 0 Å². The quantitative estimate of drug-likeness (QED) is 0.182. The Morgan fingerprint density at radius 2 is 0.964 bits per heavy atom. The van der Waals surface area contributed by atoms with Crippen molar-refractivity contribution in [3.05, 3.63) is 0 Å². The van der Waals surface area contributed by atoms with Gasteiger partial charge in [0.15, 0.2) is 0 Å². The Bertz CT molecular complexity index is 398. The molecule has 0 heteroatoms. The van der Waals surface area contributed by atoms with Gasteiger partial charge in [-0.15, -0.1) is 11.8 Å². The van der Waals surface area contributed by atoms with Crippen molar-refractivity contribution in [2.75, 3.05) is 0 Å². The van der Waals surface area contributed by atoms with Gasteiger partial charge in [0.1, 0.15) is 0 Å². The maximum Gasteiger partial charge on any atom is 0.00886 e. The Morgan fingerprint density at radius 3 is 1.39 bits per heavy atom. The lowest BCUT2D eigenvalue weighted by molar-refractivity contribution is 0.0578. The van der Waals surface area contributed by atoms with Gasteiger partial charge in [-0.25, -0.2) is 0 Å². The minimum Gasteiger partial charge on any atom is -0.103 e. The first-order chi connectivity index (χ1) is 13.2. The zero-order valence-electron chi connectivity index (χ0n) is 20.9. The van der Waals surface area contributed by atoms with Gasteiger partial charge >= 0.3 is 0 Å². The molecule has 0 fully saturated rings. The zero-order valence-corrected chi connectivity index (χ0v) is 20.9. The molecule has 0 saturated heterocycles. The first-order valence-corrected chi connectivity index (χ1v) is 12.7. The van der Waals surface area contributed by atoms with Gasteiger partial charge < -0.3 is 0 Å². The summed E-state index contributed by atoms with van der Waals surface area (Å²) in [5.41, 5.74) is 0.803. The summed E-state index contributed by atoms with van der Waals surface area (Å²) in [5, 5.41) is 0. The lowest BCUT2D eigenvalue weighted by atomic mass is 9.61. The molecule has 0 saturated carbocycles. The minimum atomic E-state index is 0.389. The summed E-state index contributed by atoms with van der Waals surface area (Å²) in [6, 6.07) is 0. The molecule has 0 aromatic heterocycles. The molecule has 0 spiro atoms. The van der Waals surface area contributed by atoms with E-state index in [-0.39, 0.29) is 0 Å². The van der Waals surface area contributed by atoms with Crippen molar-refractivity contribution in [2.45, 2.75) is 151 Å². The normalized spacial score (nSPS) is 13.2. The van der Waals surface area contributed by atoms with Crippen molar-refractivity contribution in [1.82, 2.24) is 0 Å². The van der Waals surface area contributed by atoms with Crippen molar-refractivity contribution in [2.24, 2.45) is 16.7 Å². The predicted octanol–water partition coefficient (Wildman–Crippen LogP) is 9.96. The Balaban J connectivity index is 3.46. The minimum absolute atomic E-state index is 0.389. The molecule has 0 heterocycles. The molecule has 0 rings (SSSR count). The second-order valence-corrected chi connectivity index (χ2v) is 10.8. The van der Waals surface area contributed by atoms with Crippen molar-refractivity contribution in [1.29, 1.82) is 0 Å². The first-order valence-electron chi connectivity index (χ1n) is 12.7. The van der Waals surface area contributed by atoms with Crippen LogP contribution in [-0.4, -0.2) is 0 Å². The van der Waals surface area contributed by atoms with E-state index in [1.807, 2.05) is 0 Å². The molecule has 0 aliphatic heterocycles. The van der Waals surface area contributed by atoms with Crippen LogP contribution in [0.4, 0.5) is 0 Å². The van der Waals surface area contributed by atoms with Gasteiger partial charge in [0.2, 0.25) is 0 Å². The summed E-state index contributed by atoms with van der Waals surface area (Å²) in [5.74, 6) is 7.59. The van der Waals surface area contributed by atoms with Crippen molar-refractivity contribution < 1.29 is 0 Å². The van der Waals surface area contributed by atoms with Gasteiger partial charge in [-0.1, -0.05) is 126 Å². The highest BCUT2D eigenvalue weighted by molar-refractivity contribution is 4.98. The van der Waals surface area contributed by atoms with Crippen LogP contribution in [0.25, 0.3) is 0 Å². The van der Waals surface area contributed by atoms with E-state index in [1.165, 1.54) is 89.9 Å². The largest absolute Gasteiger partial charge is 0.103 e. The summed E-state index contributed by atoms with van der Waals surface area (Å²) in [7, 11) is 0. The standard InChI is InChI=1S/C28H54/c1-8-9-10-11-12-13-14-15-16-17-18-19-20-21-22-23-24-25-26(2)28(6,7)27(3,4)5/h26H,8-16,19-25H2,1-7H3. The van der Waals surface area contributed by atoms with E-state index in [4.69, 9.17) is 0 Å². The fourth-order valence-electron chi connectivity index (χ4n) is 3.82. The van der Waals surface area contributed by atoms with E-state index < -0.39 is 0 Å². The lowest BCUT2D eigenvalue weighted by Gasteiger charge is -2.44. The van der Waals surface area contributed by atoms with Gasteiger partial charge in [0, 0.05) is 12.8 Å². The molecular formula is C28H54. The van der Waals surface area contributed by atoms with E-state index in [2.05, 4.69) is 60.3 Å². The predicted molar refractivity (Wildman–Crippen MR) is 130 cm³/mol. The molecule has 166 valence electrons. The SMILES string of the molecule is CCCCCCCCCCC#CCCCCCCCC(C)C(C)(C)C(C)(C)C. The number of hydrogen-bond donors (Lipinski definition) is 0. The van der Waals surface area contributed by atoms with Crippen LogP contribution in [0.1, 0.15) is 151 Å². The summed E-state index contributed by atoms with van der Waals surface area (Å²) in [4.78, 5) is 0. The monoisotopic (exact) mass is 390 g/mol. The average molecular weight is 391 g/mol. The zero-order chi connectivity index (χ0) is 21.3. The molecule has 0 aliphatic carbocycles. The summed E-state index contributed by atoms with van der Waals surface area (Å²) >= 11 is 0. The van der Waals surface area contributed by atoms with Gasteiger partial charge in [-0.05, 0) is 29.6 Å². The Morgan fingerprint density at radius 1 is 0.571 bits per heavy atom. The lowest BCUT2D eigenvalue weighted by Crippen LogP contribution is -2.35. The van der Waals surface area contributed by atoms with Crippen LogP contribution in [0.15, 0.2) is 0 Å². The van der Waals surface area contributed by atoms with E-state index in [0.29, 0.717) is 10.8 Å². The first kappa shape index (κ1) is 27.6. The van der Waals surface area contributed by atoms with Crippen molar-refractivity contribution in [3.8, 4) is 11.8 Å². The highest BCUT2D eigenvalue weighted by Gasteiger charge is 2.36. The third kappa shape index (κ3) is 13.7. The molecule has 0 amide bonds. The molecule has 0 aromatic carbocycles. The average Bonchev–Trinajstić information content (AvgIpc) is 2.63. The molecule has 0 aliphatic rings. The fraction of sp³-hybridized carbons (Fsp3) is 0.929. The highest BCUT2D eigenvalue weighted by Crippen LogP contribution is 2.45. The van der Waals surface area contributed by atoms with Crippen LogP contribution in [0.3, 0.4) is 0 Å². The smallest absolute Gasteiger partial charge is 0.00886 e. The number of hydrogen-bond acceptors (Lipinski definition) is 0. The molecule has 1 unspecified atom stereocenters. The molecule has 0 radical (unpaired) electrons. The Kier molecular flexibility index (Phi) is 16.1. The van der Waals surface area contributed by atoms with Gasteiger partial charge in [-0.2, -0.15) is 0 Å². The van der Waals surface area contributed by atoms with Crippen LogP contribution < -0.4 is 0 Å². The molecule has 0 nitrogen and oxygen atoms in total. The van der Waals surface area contributed by atoms with Gasteiger partial charge in [-0.3, -0.25) is 0 Å². The molecular weight excluding hydrogens is 336 g/mol. The maximum atomic E-state index is 3.40. The second kappa shape index (κ2) is 16.4. The van der Waals surface area contributed by atoms with Crippen LogP contribution >= 0.6 is 0 Å². The van der Waals surface area contributed by atoms with E-state index >= 15 is 0 Å². The second-order valence-electron chi connectivity index (χ2n) is 10.8. The maximum absolute atomic E-state index is 3.40. The van der Waals surface area contributed by atoms with E-state index in [9.17, 15) is 0 Å².